The molecule has 0 atom stereocenters. The van der Waals surface area contributed by atoms with Crippen LogP contribution in [0.1, 0.15) is 21.8 Å². The zero-order valence-electron chi connectivity index (χ0n) is 10.8. The molecule has 1 aromatic carbocycles. The Balaban J connectivity index is 1.75. The lowest BCUT2D eigenvalue weighted by Crippen LogP contribution is -1.96. The fraction of sp³-hybridized carbons (Fsp3) is 0.286. The zero-order valence-corrected chi connectivity index (χ0v) is 11.7. The van der Waals surface area contributed by atoms with Crippen LogP contribution in [0.3, 0.4) is 0 Å². The maximum absolute atomic E-state index is 5.56. The number of rotatable bonds is 4. The van der Waals surface area contributed by atoms with E-state index in [0.717, 1.165) is 28.5 Å². The first kappa shape index (κ1) is 12.3. The second-order valence-corrected chi connectivity index (χ2v) is 5.63. The summed E-state index contributed by atoms with van der Waals surface area (Å²) >= 11 is 1.64. The Morgan fingerprint density at radius 2 is 2.11 bits per heavy atom. The number of aryl methyl sites for hydroxylation is 3. The molecule has 2 aromatic heterocycles. The topological polar surface area (TPSA) is 56.2 Å². The van der Waals surface area contributed by atoms with Crippen LogP contribution in [-0.4, -0.2) is 14.6 Å². The minimum Gasteiger partial charge on any atom is -0.325 e. The number of aromatic nitrogens is 3. The number of hydrogen-bond acceptors (Lipinski definition) is 4. The number of benzene rings is 1. The first-order valence-electron chi connectivity index (χ1n) is 6.35. The van der Waals surface area contributed by atoms with E-state index in [9.17, 15) is 0 Å². The van der Waals surface area contributed by atoms with Crippen molar-refractivity contribution in [2.45, 2.75) is 26.3 Å². The van der Waals surface area contributed by atoms with Crippen LogP contribution in [0.2, 0.25) is 0 Å². The third-order valence-electron chi connectivity index (χ3n) is 3.21. The van der Waals surface area contributed by atoms with Crippen LogP contribution < -0.4 is 5.73 Å². The minimum atomic E-state index is 0.467. The van der Waals surface area contributed by atoms with Crippen molar-refractivity contribution in [3.63, 3.8) is 0 Å². The Morgan fingerprint density at radius 1 is 1.26 bits per heavy atom. The third-order valence-corrected chi connectivity index (χ3v) is 4.20. The van der Waals surface area contributed by atoms with Gasteiger partial charge in [0.2, 0.25) is 4.96 Å². The van der Waals surface area contributed by atoms with Crippen molar-refractivity contribution in [2.75, 3.05) is 0 Å². The van der Waals surface area contributed by atoms with E-state index < -0.39 is 0 Å². The van der Waals surface area contributed by atoms with Crippen molar-refractivity contribution in [3.8, 4) is 0 Å². The van der Waals surface area contributed by atoms with E-state index >= 15 is 0 Å². The highest BCUT2D eigenvalue weighted by Crippen LogP contribution is 2.17. The normalized spacial score (nSPS) is 11.3. The lowest BCUT2D eigenvalue weighted by molar-refractivity contribution is 0.859. The highest BCUT2D eigenvalue weighted by atomic mass is 32.1. The van der Waals surface area contributed by atoms with Gasteiger partial charge in [0, 0.05) is 13.0 Å². The van der Waals surface area contributed by atoms with E-state index in [1.807, 2.05) is 10.7 Å². The van der Waals surface area contributed by atoms with Gasteiger partial charge in [-0.05, 0) is 24.5 Å². The summed E-state index contributed by atoms with van der Waals surface area (Å²) in [5.74, 6) is 0. The van der Waals surface area contributed by atoms with E-state index in [0.29, 0.717) is 6.54 Å². The number of nitrogens with two attached hydrogens (primary N) is 1. The minimum absolute atomic E-state index is 0.467. The third kappa shape index (κ3) is 2.52. The summed E-state index contributed by atoms with van der Waals surface area (Å²) < 4.78 is 1.83. The maximum atomic E-state index is 5.56. The summed E-state index contributed by atoms with van der Waals surface area (Å²) in [6.07, 6.45) is 3.88. The summed E-state index contributed by atoms with van der Waals surface area (Å²) in [5.41, 5.74) is 9.18. The monoisotopic (exact) mass is 272 g/mol. The Kier molecular flexibility index (Phi) is 3.31. The van der Waals surface area contributed by atoms with Gasteiger partial charge in [0.1, 0.15) is 5.01 Å². The first-order valence-corrected chi connectivity index (χ1v) is 7.16. The highest BCUT2D eigenvalue weighted by Gasteiger charge is 2.08. The second-order valence-electron chi connectivity index (χ2n) is 4.59. The summed E-state index contributed by atoms with van der Waals surface area (Å²) in [5, 5.41) is 5.66. The molecule has 3 aromatic rings. The standard InChI is InChI=1S/C14H16N4S/c1-10-4-2-3-5-11(10)6-7-13-17-18-9-12(8-15)16-14(18)19-13/h2-5,9H,6-8,15H2,1H3. The van der Waals surface area contributed by atoms with Crippen LogP contribution in [0.5, 0.6) is 0 Å². The van der Waals surface area contributed by atoms with Gasteiger partial charge in [0.05, 0.1) is 11.9 Å². The van der Waals surface area contributed by atoms with Crippen LogP contribution in [0.15, 0.2) is 30.5 Å². The summed E-state index contributed by atoms with van der Waals surface area (Å²) in [7, 11) is 0. The van der Waals surface area contributed by atoms with Crippen molar-refractivity contribution in [3.05, 3.63) is 52.3 Å². The lowest BCUT2D eigenvalue weighted by Gasteiger charge is -2.02. The molecule has 0 aliphatic rings. The van der Waals surface area contributed by atoms with Gasteiger partial charge in [0.15, 0.2) is 0 Å². The number of nitrogens with zero attached hydrogens (tertiary/aromatic N) is 3. The average Bonchev–Trinajstić information content (AvgIpc) is 2.95. The fourth-order valence-electron chi connectivity index (χ4n) is 2.12. The van der Waals surface area contributed by atoms with Gasteiger partial charge in [-0.15, -0.1) is 0 Å². The molecule has 0 amide bonds. The van der Waals surface area contributed by atoms with Gasteiger partial charge in [-0.25, -0.2) is 9.50 Å². The maximum Gasteiger partial charge on any atom is 0.212 e. The molecule has 0 aliphatic carbocycles. The van der Waals surface area contributed by atoms with E-state index in [2.05, 4.69) is 41.3 Å². The molecule has 0 bridgehead atoms. The molecule has 2 heterocycles. The number of imidazole rings is 1. The quantitative estimate of drug-likeness (QED) is 0.793. The molecule has 3 rings (SSSR count). The number of fused-ring (bicyclic) bond motifs is 1. The van der Waals surface area contributed by atoms with Crippen molar-refractivity contribution >= 4 is 16.3 Å². The van der Waals surface area contributed by atoms with Crippen LogP contribution in [-0.2, 0) is 19.4 Å². The molecule has 4 nitrogen and oxygen atoms in total. The molecule has 98 valence electrons. The average molecular weight is 272 g/mol. The lowest BCUT2D eigenvalue weighted by atomic mass is 10.0. The van der Waals surface area contributed by atoms with Crippen molar-refractivity contribution in [1.29, 1.82) is 0 Å². The zero-order chi connectivity index (χ0) is 13.2. The van der Waals surface area contributed by atoms with Gasteiger partial charge in [-0.1, -0.05) is 35.6 Å². The van der Waals surface area contributed by atoms with E-state index in [-0.39, 0.29) is 0 Å². The summed E-state index contributed by atoms with van der Waals surface area (Å²) in [6, 6.07) is 8.49. The molecule has 0 unspecified atom stereocenters. The molecular formula is C14H16N4S. The molecule has 0 saturated heterocycles. The van der Waals surface area contributed by atoms with E-state index in [1.165, 1.54) is 11.1 Å². The van der Waals surface area contributed by atoms with Gasteiger partial charge in [-0.2, -0.15) is 5.10 Å². The molecule has 5 heteroatoms. The van der Waals surface area contributed by atoms with Crippen LogP contribution in [0.25, 0.3) is 4.96 Å². The van der Waals surface area contributed by atoms with Crippen molar-refractivity contribution in [2.24, 2.45) is 5.73 Å². The molecule has 2 N–H and O–H groups in total. The van der Waals surface area contributed by atoms with Gasteiger partial charge >= 0.3 is 0 Å². The SMILES string of the molecule is Cc1ccccc1CCc1nn2cc(CN)nc2s1. The fourth-order valence-corrected chi connectivity index (χ4v) is 3.01. The highest BCUT2D eigenvalue weighted by molar-refractivity contribution is 7.16. The molecule has 0 saturated carbocycles. The molecule has 0 aliphatic heterocycles. The van der Waals surface area contributed by atoms with Gasteiger partial charge < -0.3 is 5.73 Å². The summed E-state index contributed by atoms with van der Waals surface area (Å²) in [4.78, 5) is 5.35. The van der Waals surface area contributed by atoms with Crippen LogP contribution >= 0.6 is 11.3 Å². The summed E-state index contributed by atoms with van der Waals surface area (Å²) in [6.45, 7) is 2.62. The number of hydrogen-bond donors (Lipinski definition) is 1. The smallest absolute Gasteiger partial charge is 0.212 e. The molecule has 0 fully saturated rings. The van der Waals surface area contributed by atoms with E-state index in [4.69, 9.17) is 5.73 Å². The first-order chi connectivity index (χ1) is 9.26. The molecule has 0 radical (unpaired) electrons. The predicted molar refractivity (Wildman–Crippen MR) is 77.3 cm³/mol. The van der Waals surface area contributed by atoms with Crippen LogP contribution in [0.4, 0.5) is 0 Å². The second kappa shape index (κ2) is 5.11. The predicted octanol–water partition coefficient (Wildman–Crippen LogP) is 2.34. The Morgan fingerprint density at radius 3 is 2.84 bits per heavy atom. The molecular weight excluding hydrogens is 256 g/mol. The van der Waals surface area contributed by atoms with Crippen LogP contribution in [0, 0.1) is 6.92 Å². The van der Waals surface area contributed by atoms with Gasteiger partial charge in [0.25, 0.3) is 0 Å². The van der Waals surface area contributed by atoms with Crippen molar-refractivity contribution in [1.82, 2.24) is 14.6 Å². The Bertz CT molecular complexity index is 667. The van der Waals surface area contributed by atoms with Gasteiger partial charge in [-0.3, -0.25) is 0 Å². The Hall–Kier alpha value is -1.72. The largest absolute Gasteiger partial charge is 0.325 e. The van der Waals surface area contributed by atoms with Crippen molar-refractivity contribution < 1.29 is 0 Å². The molecule has 0 spiro atoms. The molecule has 19 heavy (non-hydrogen) atoms. The van der Waals surface area contributed by atoms with E-state index in [1.54, 1.807) is 11.3 Å². The Labute approximate surface area is 115 Å².